The maximum atomic E-state index is 13.4. The maximum absolute atomic E-state index is 13.4. The first kappa shape index (κ1) is 27.5. The number of hydrogen-bond donors (Lipinski definition) is 3. The number of amides is 2. The molecule has 0 fully saturated rings. The number of anilines is 1. The molecule has 40 heavy (non-hydrogen) atoms. The number of carboxylic acids is 1. The molecule has 208 valence electrons. The number of rotatable bonds is 8. The number of nitrogens with zero attached hydrogens (tertiary/aromatic N) is 2. The fourth-order valence-corrected chi connectivity index (χ4v) is 6.21. The second-order valence-corrected chi connectivity index (χ2v) is 12.3. The Kier molecular flexibility index (Phi) is 7.19. The highest BCUT2D eigenvalue weighted by atomic mass is 35.5. The normalized spacial score (nSPS) is 15.1. The average Bonchev–Trinajstić information content (AvgIpc) is 3.29. The first-order valence-electron chi connectivity index (χ1n) is 12.4. The number of carbonyl (C=O) groups is 3. The van der Waals surface area contributed by atoms with Gasteiger partial charge in [-0.25, -0.2) is 13.2 Å². The van der Waals surface area contributed by atoms with E-state index in [2.05, 4.69) is 5.32 Å². The van der Waals surface area contributed by atoms with E-state index in [4.69, 9.17) is 11.6 Å². The Balaban J connectivity index is 1.40. The average molecular weight is 584 g/mol. The molecule has 0 saturated carbocycles. The molecule has 0 radical (unpaired) electrons. The molecule has 5 rings (SSSR count). The minimum Gasteiger partial charge on any atom is -0.508 e. The summed E-state index contributed by atoms with van der Waals surface area (Å²) in [7, 11) is -3.49. The number of phenols is 1. The summed E-state index contributed by atoms with van der Waals surface area (Å²) in [5, 5.41) is 22.2. The molecule has 3 aromatic carbocycles. The van der Waals surface area contributed by atoms with Crippen LogP contribution < -0.4 is 10.2 Å². The van der Waals surface area contributed by atoms with Crippen LogP contribution in [0.5, 0.6) is 5.75 Å². The Morgan fingerprint density at radius 2 is 1.82 bits per heavy atom. The summed E-state index contributed by atoms with van der Waals surface area (Å²) < 4.78 is 23.8. The molecule has 0 spiro atoms. The van der Waals surface area contributed by atoms with Crippen LogP contribution in [0.1, 0.15) is 37.4 Å². The zero-order valence-corrected chi connectivity index (χ0v) is 23.0. The Morgan fingerprint density at radius 3 is 2.52 bits per heavy atom. The lowest BCUT2D eigenvalue weighted by Crippen LogP contribution is -2.45. The lowest BCUT2D eigenvalue weighted by molar-refractivity contribution is -0.139. The summed E-state index contributed by atoms with van der Waals surface area (Å²) in [4.78, 5) is 42.5. The number of halogens is 1. The van der Waals surface area contributed by atoms with E-state index in [1.54, 1.807) is 29.2 Å². The van der Waals surface area contributed by atoms with Crippen LogP contribution in [0.2, 0.25) is 5.02 Å². The van der Waals surface area contributed by atoms with Gasteiger partial charge in [-0.2, -0.15) is 0 Å². The van der Waals surface area contributed by atoms with Gasteiger partial charge in [-0.15, -0.1) is 0 Å². The van der Waals surface area contributed by atoms with E-state index in [9.17, 15) is 33.0 Å². The zero-order chi connectivity index (χ0) is 28.8. The molecule has 0 saturated heterocycles. The van der Waals surface area contributed by atoms with Crippen LogP contribution in [0.4, 0.5) is 5.69 Å². The molecule has 0 aliphatic carbocycles. The first-order chi connectivity index (χ1) is 18.9. The van der Waals surface area contributed by atoms with Crippen molar-refractivity contribution in [3.05, 3.63) is 87.4 Å². The molecule has 3 N–H and O–H groups in total. The van der Waals surface area contributed by atoms with Gasteiger partial charge in [0.1, 0.15) is 11.8 Å². The summed E-state index contributed by atoms with van der Waals surface area (Å²) in [6.07, 6.45) is 1.35. The third kappa shape index (κ3) is 5.34. The summed E-state index contributed by atoms with van der Waals surface area (Å²) in [5.41, 5.74) is 2.86. The topological polar surface area (TPSA) is 144 Å². The van der Waals surface area contributed by atoms with Crippen molar-refractivity contribution in [3.8, 4) is 5.75 Å². The van der Waals surface area contributed by atoms with E-state index in [1.165, 1.54) is 24.3 Å². The number of carbonyl (C=O) groups excluding carboxylic acids is 2. The number of nitrogens with one attached hydrogen (secondary N) is 1. The number of hydrogen-bond acceptors (Lipinski definition) is 7. The zero-order valence-electron chi connectivity index (χ0n) is 21.4. The summed E-state index contributed by atoms with van der Waals surface area (Å²) in [5.74, 6) is -2.14. The highest BCUT2D eigenvalue weighted by molar-refractivity contribution is 7.90. The number of phenolic OH excluding ortho intramolecular Hbond substituents is 1. The summed E-state index contributed by atoms with van der Waals surface area (Å²) >= 11 is 6.55. The predicted molar refractivity (Wildman–Crippen MR) is 147 cm³/mol. The molecule has 1 atom stereocenters. The van der Waals surface area contributed by atoms with E-state index < -0.39 is 27.8 Å². The van der Waals surface area contributed by atoms with Crippen molar-refractivity contribution in [2.45, 2.75) is 30.3 Å². The van der Waals surface area contributed by atoms with E-state index >= 15 is 0 Å². The van der Waals surface area contributed by atoms with Crippen molar-refractivity contribution >= 4 is 44.9 Å². The smallest absolute Gasteiger partial charge is 0.326 e. The van der Waals surface area contributed by atoms with Crippen LogP contribution in [-0.4, -0.2) is 66.8 Å². The van der Waals surface area contributed by atoms with Gasteiger partial charge in [0, 0.05) is 25.8 Å². The van der Waals surface area contributed by atoms with Gasteiger partial charge in [-0.3, -0.25) is 9.59 Å². The number of aromatic hydroxyl groups is 1. The SMILES string of the molecule is CS(=O)(=O)c1cccc(CC(NC(=O)c2c(Cl)cc3c4c2CCN4CN(Cc2cccc(O)c2)C3=O)C(=O)O)c1. The minimum atomic E-state index is -3.49. The van der Waals surface area contributed by atoms with E-state index in [1.807, 2.05) is 11.0 Å². The fourth-order valence-electron chi connectivity index (χ4n) is 5.21. The minimum absolute atomic E-state index is 0.0314. The van der Waals surface area contributed by atoms with Gasteiger partial charge < -0.3 is 25.3 Å². The van der Waals surface area contributed by atoms with Crippen LogP contribution in [0.3, 0.4) is 0 Å². The van der Waals surface area contributed by atoms with E-state index in [-0.39, 0.29) is 46.8 Å². The monoisotopic (exact) mass is 583 g/mol. The van der Waals surface area contributed by atoms with Crippen molar-refractivity contribution < 1.29 is 33.0 Å². The van der Waals surface area contributed by atoms with Gasteiger partial charge in [-0.05, 0) is 53.4 Å². The molecule has 0 bridgehead atoms. The molecule has 2 aliphatic rings. The highest BCUT2D eigenvalue weighted by Gasteiger charge is 2.38. The quantitative estimate of drug-likeness (QED) is 0.367. The van der Waals surface area contributed by atoms with Crippen molar-refractivity contribution in [3.63, 3.8) is 0 Å². The first-order valence-corrected chi connectivity index (χ1v) is 14.7. The summed E-state index contributed by atoms with van der Waals surface area (Å²) in [6.45, 7) is 1.10. The van der Waals surface area contributed by atoms with Crippen LogP contribution in [0.15, 0.2) is 59.5 Å². The van der Waals surface area contributed by atoms with Crippen LogP contribution >= 0.6 is 11.6 Å². The number of sulfone groups is 1. The third-order valence-corrected chi connectivity index (χ3v) is 8.45. The standard InChI is InChI=1S/C28H26ClN3O7S/c1-40(38,39)19-7-3-4-16(11-19)12-23(28(36)37)30-26(34)24-20-8-9-31-15-32(14-17-5-2-6-18(33)10-17)27(35)21(25(20)31)13-22(24)29/h2-7,10-11,13,23,33H,8-9,12,14-15H2,1H3,(H,30,34)(H,36,37). The van der Waals surface area contributed by atoms with E-state index in [0.29, 0.717) is 35.3 Å². The predicted octanol–water partition coefficient (Wildman–Crippen LogP) is 2.85. The van der Waals surface area contributed by atoms with Crippen molar-refractivity contribution in [2.75, 3.05) is 24.4 Å². The molecule has 12 heteroatoms. The Hall–Kier alpha value is -4.09. The van der Waals surface area contributed by atoms with Gasteiger partial charge in [0.15, 0.2) is 9.84 Å². The summed E-state index contributed by atoms with van der Waals surface area (Å²) in [6, 6.07) is 12.7. The molecule has 10 nitrogen and oxygen atoms in total. The van der Waals surface area contributed by atoms with Crippen molar-refractivity contribution in [1.29, 1.82) is 0 Å². The van der Waals surface area contributed by atoms with Gasteiger partial charge in [0.05, 0.1) is 33.4 Å². The highest BCUT2D eigenvalue weighted by Crippen LogP contribution is 2.41. The van der Waals surface area contributed by atoms with E-state index in [0.717, 1.165) is 11.8 Å². The Labute approximate surface area is 235 Å². The van der Waals surface area contributed by atoms with Gasteiger partial charge in [-0.1, -0.05) is 35.9 Å². The Bertz CT molecular complexity index is 1660. The number of carboxylic acid groups (broad SMARTS) is 1. The van der Waals surface area contributed by atoms with Gasteiger partial charge in [0.2, 0.25) is 0 Å². The maximum Gasteiger partial charge on any atom is 0.326 e. The van der Waals surface area contributed by atoms with Crippen molar-refractivity contribution in [2.24, 2.45) is 0 Å². The lowest BCUT2D eigenvalue weighted by Gasteiger charge is -2.36. The third-order valence-electron chi connectivity index (χ3n) is 7.04. The lowest BCUT2D eigenvalue weighted by atomic mass is 9.97. The second kappa shape index (κ2) is 10.5. The molecule has 1 unspecified atom stereocenters. The molecule has 3 aromatic rings. The molecular weight excluding hydrogens is 558 g/mol. The van der Waals surface area contributed by atoms with Crippen LogP contribution in [0, 0.1) is 0 Å². The molecule has 0 aromatic heterocycles. The second-order valence-electron chi connectivity index (χ2n) is 9.92. The number of aliphatic carboxylic acids is 1. The number of benzene rings is 3. The largest absolute Gasteiger partial charge is 0.508 e. The molecule has 2 heterocycles. The molecule has 2 amide bonds. The fraction of sp³-hybridized carbons (Fsp3) is 0.250. The Morgan fingerprint density at radius 1 is 1.10 bits per heavy atom. The van der Waals surface area contributed by atoms with Gasteiger partial charge >= 0.3 is 5.97 Å². The van der Waals surface area contributed by atoms with Gasteiger partial charge in [0.25, 0.3) is 11.8 Å². The van der Waals surface area contributed by atoms with Crippen LogP contribution in [-0.2, 0) is 34.0 Å². The van der Waals surface area contributed by atoms with Crippen molar-refractivity contribution in [1.82, 2.24) is 10.2 Å². The molecular formula is C28H26ClN3O7S. The van der Waals surface area contributed by atoms with Crippen LogP contribution in [0.25, 0.3) is 0 Å². The molecule has 2 aliphatic heterocycles.